The molecule has 0 spiro atoms. The summed E-state index contributed by atoms with van der Waals surface area (Å²) < 4.78 is 10.9. The quantitative estimate of drug-likeness (QED) is 0.129. The van der Waals surface area contributed by atoms with E-state index in [1.54, 1.807) is 0 Å². The normalized spacial score (nSPS) is 15.7. The number of hydrogen-bond acceptors (Lipinski definition) is 4. The number of fused-ring (bicyclic) bond motifs is 3. The average molecular weight is 833 g/mol. The van der Waals surface area contributed by atoms with Gasteiger partial charge in [-0.2, -0.15) is 0 Å². The van der Waals surface area contributed by atoms with Gasteiger partial charge in [-0.05, 0) is 151 Å². The van der Waals surface area contributed by atoms with E-state index >= 15 is 0 Å². The van der Waals surface area contributed by atoms with Crippen molar-refractivity contribution in [1.82, 2.24) is 0 Å². The molecule has 0 amide bonds. The van der Waals surface area contributed by atoms with Gasteiger partial charge in [0, 0.05) is 0 Å². The van der Waals surface area contributed by atoms with Crippen molar-refractivity contribution >= 4 is 45.0 Å². The van der Waals surface area contributed by atoms with Crippen molar-refractivity contribution in [2.24, 2.45) is 11.8 Å². The lowest BCUT2D eigenvalue weighted by atomic mass is 9.58. The smallest absolute Gasteiger partial charge is 0.338 e. The second-order valence-corrected chi connectivity index (χ2v) is 16.5. The lowest BCUT2D eigenvalue weighted by Gasteiger charge is -2.44. The van der Waals surface area contributed by atoms with Crippen LogP contribution in [0.25, 0.3) is 55.3 Å². The van der Waals surface area contributed by atoms with Gasteiger partial charge in [-0.3, -0.25) is 0 Å². The first-order valence-electron chi connectivity index (χ1n) is 22.4. The van der Waals surface area contributed by atoms with Gasteiger partial charge in [0.1, 0.15) is 0 Å². The predicted octanol–water partition coefficient (Wildman–Crippen LogP) is 14.1. The maximum absolute atomic E-state index is 13.1. The molecule has 4 nitrogen and oxygen atoms in total. The van der Waals surface area contributed by atoms with E-state index in [0.717, 1.165) is 46.2 Å². The topological polar surface area (TPSA) is 52.6 Å². The molecule has 64 heavy (non-hydrogen) atoms. The summed E-state index contributed by atoms with van der Waals surface area (Å²) in [6.07, 6.45) is 1.60. The fourth-order valence-corrected chi connectivity index (χ4v) is 10.4. The summed E-state index contributed by atoms with van der Waals surface area (Å²) in [4.78, 5) is 26.1. The minimum Gasteiger partial charge on any atom is -0.462 e. The van der Waals surface area contributed by atoms with Gasteiger partial charge in [0.2, 0.25) is 0 Å². The van der Waals surface area contributed by atoms with Crippen LogP contribution in [0.5, 0.6) is 0 Å². The summed E-state index contributed by atoms with van der Waals surface area (Å²) >= 11 is 0. The van der Waals surface area contributed by atoms with E-state index in [9.17, 15) is 9.59 Å². The third-order valence-corrected chi connectivity index (χ3v) is 13.0. The molecule has 0 aliphatic heterocycles. The maximum Gasteiger partial charge on any atom is 0.338 e. The summed E-state index contributed by atoms with van der Waals surface area (Å²) in [5.74, 6) is -0.576. The van der Waals surface area contributed by atoms with Crippen LogP contribution >= 0.6 is 0 Å². The lowest BCUT2D eigenvalue weighted by molar-refractivity contribution is 0.0516. The first kappa shape index (κ1) is 40.5. The highest BCUT2D eigenvalue weighted by Crippen LogP contribution is 2.59. The minimum absolute atomic E-state index is 0.0552. The highest BCUT2D eigenvalue weighted by molar-refractivity contribution is 6.24. The van der Waals surface area contributed by atoms with E-state index in [1.165, 1.54) is 55.3 Å². The molecule has 2 atom stereocenters. The van der Waals surface area contributed by atoms with Gasteiger partial charge < -0.3 is 9.47 Å². The average Bonchev–Trinajstić information content (AvgIpc) is 3.35. The second-order valence-electron chi connectivity index (χ2n) is 16.5. The molecule has 4 heteroatoms. The number of esters is 2. The first-order valence-corrected chi connectivity index (χ1v) is 22.4. The largest absolute Gasteiger partial charge is 0.462 e. The number of carbonyl (C=O) groups excluding carboxylic acids is 2. The standard InChI is InChI=1S/C60H48O4/c1-3-63-59(61)45-33-29-43(30-34-45)57-55(41-23-13-7-14-24-41)51-37-49-50(54(40-21-11-6-12-22-40)48-28-18-17-27-47(48)53(49)39-19-9-5-10-20-39)38-52(51)56(42-25-15-8-16-26-42)58(57)44-31-35-46(36-32-44)60(62)64-4-2/h5-36,51-52H,3-4,37-38H2,1-2H3. The van der Waals surface area contributed by atoms with E-state index in [1.807, 2.05) is 38.1 Å². The first-order chi connectivity index (χ1) is 31.5. The zero-order valence-electron chi connectivity index (χ0n) is 36.1. The molecule has 8 aromatic rings. The molecule has 312 valence electrons. The fourth-order valence-electron chi connectivity index (χ4n) is 10.4. The van der Waals surface area contributed by atoms with Crippen molar-refractivity contribution < 1.29 is 19.1 Å². The molecule has 0 bridgehead atoms. The third-order valence-electron chi connectivity index (χ3n) is 13.0. The van der Waals surface area contributed by atoms with Gasteiger partial charge >= 0.3 is 11.9 Å². The minimum atomic E-state index is -0.343. The molecule has 0 radical (unpaired) electrons. The lowest BCUT2D eigenvalue weighted by Crippen LogP contribution is -2.32. The molecule has 0 heterocycles. The summed E-state index contributed by atoms with van der Waals surface area (Å²) in [6, 6.07) is 68.3. The molecule has 8 aromatic carbocycles. The molecule has 0 saturated heterocycles. The van der Waals surface area contributed by atoms with Crippen molar-refractivity contribution in [2.45, 2.75) is 26.7 Å². The molecule has 0 aromatic heterocycles. The Labute approximate surface area is 375 Å². The Morgan fingerprint density at radius 2 is 0.703 bits per heavy atom. The maximum atomic E-state index is 13.1. The summed E-state index contributed by atoms with van der Waals surface area (Å²) in [5.41, 5.74) is 17.8. The molecular weight excluding hydrogens is 785 g/mol. The monoisotopic (exact) mass is 832 g/mol. The molecule has 0 fully saturated rings. The van der Waals surface area contributed by atoms with Crippen molar-refractivity contribution in [3.8, 4) is 22.3 Å². The van der Waals surface area contributed by atoms with E-state index < -0.39 is 0 Å². The van der Waals surface area contributed by atoms with Crippen LogP contribution in [0.2, 0.25) is 0 Å². The van der Waals surface area contributed by atoms with Crippen molar-refractivity contribution in [1.29, 1.82) is 0 Å². The number of ether oxygens (including phenoxy) is 2. The Hall–Kier alpha value is -7.56. The third kappa shape index (κ3) is 7.35. The highest BCUT2D eigenvalue weighted by atomic mass is 16.5. The zero-order valence-corrected chi connectivity index (χ0v) is 36.1. The summed E-state index contributed by atoms with van der Waals surface area (Å²) in [5, 5.41) is 2.50. The molecule has 0 N–H and O–H groups in total. The predicted molar refractivity (Wildman–Crippen MR) is 261 cm³/mol. The number of rotatable bonds is 10. The number of hydrogen-bond donors (Lipinski definition) is 0. The Balaban J connectivity index is 1.33. The fraction of sp³-hybridized carbons (Fsp3) is 0.133. The summed E-state index contributed by atoms with van der Waals surface area (Å²) in [7, 11) is 0. The van der Waals surface area contributed by atoms with Gasteiger partial charge in [0.25, 0.3) is 0 Å². The van der Waals surface area contributed by atoms with E-state index in [-0.39, 0.29) is 23.8 Å². The van der Waals surface area contributed by atoms with Crippen LogP contribution in [0.1, 0.15) is 67.9 Å². The van der Waals surface area contributed by atoms with Crippen molar-refractivity contribution in [3.05, 3.63) is 239 Å². The van der Waals surface area contributed by atoms with Crippen LogP contribution in [-0.4, -0.2) is 25.2 Å². The molecule has 0 saturated carbocycles. The summed E-state index contributed by atoms with van der Waals surface area (Å²) in [6.45, 7) is 4.26. The molecule has 10 rings (SSSR count). The van der Waals surface area contributed by atoms with Crippen LogP contribution in [0.15, 0.2) is 194 Å². The molecular formula is C60H48O4. The Kier molecular flexibility index (Phi) is 11.2. The van der Waals surface area contributed by atoms with Crippen LogP contribution in [0.4, 0.5) is 0 Å². The Morgan fingerprint density at radius 1 is 0.391 bits per heavy atom. The number of benzene rings is 8. The Morgan fingerprint density at radius 3 is 1.03 bits per heavy atom. The Bertz CT molecular complexity index is 2850. The van der Waals surface area contributed by atoms with Crippen molar-refractivity contribution in [2.75, 3.05) is 13.2 Å². The van der Waals surface area contributed by atoms with Gasteiger partial charge in [0.05, 0.1) is 24.3 Å². The van der Waals surface area contributed by atoms with E-state index in [2.05, 4.69) is 170 Å². The SMILES string of the molecule is CCOC(=O)c1ccc(C2=C(c3ccccc3)C3Cc4c(c(-c5ccccc5)c5ccccc5c4-c4ccccc4)CC3C(c3ccccc3)=C2c2ccc(C(=O)OCC)cc2)cc1. The van der Waals surface area contributed by atoms with Gasteiger partial charge in [-0.1, -0.05) is 170 Å². The van der Waals surface area contributed by atoms with Crippen LogP contribution in [-0.2, 0) is 22.3 Å². The van der Waals surface area contributed by atoms with Crippen LogP contribution < -0.4 is 0 Å². The second kappa shape index (κ2) is 17.7. The van der Waals surface area contributed by atoms with Crippen LogP contribution in [0, 0.1) is 11.8 Å². The molecule has 2 aliphatic rings. The number of allylic oxidation sites excluding steroid dienone is 4. The van der Waals surface area contributed by atoms with Gasteiger partial charge in [-0.25, -0.2) is 9.59 Å². The van der Waals surface area contributed by atoms with Crippen LogP contribution in [0.3, 0.4) is 0 Å². The molecule has 2 aliphatic carbocycles. The number of carbonyl (C=O) groups is 2. The highest BCUT2D eigenvalue weighted by Gasteiger charge is 2.44. The van der Waals surface area contributed by atoms with Gasteiger partial charge in [0.15, 0.2) is 0 Å². The zero-order chi connectivity index (χ0) is 43.6. The van der Waals surface area contributed by atoms with Gasteiger partial charge in [-0.15, -0.1) is 0 Å². The van der Waals surface area contributed by atoms with E-state index in [4.69, 9.17) is 9.47 Å². The van der Waals surface area contributed by atoms with Crippen molar-refractivity contribution in [3.63, 3.8) is 0 Å². The van der Waals surface area contributed by atoms with E-state index in [0.29, 0.717) is 24.3 Å². The molecule has 2 unspecified atom stereocenters.